The number of aromatic nitrogens is 1. The molecular formula is C18H20N4O3S. The van der Waals surface area contributed by atoms with Crippen LogP contribution in [0.25, 0.3) is 0 Å². The number of piperidine rings is 1. The highest BCUT2D eigenvalue weighted by Crippen LogP contribution is 2.19. The van der Waals surface area contributed by atoms with Crippen LogP contribution in [0.3, 0.4) is 0 Å². The van der Waals surface area contributed by atoms with E-state index in [9.17, 15) is 14.4 Å². The highest BCUT2D eigenvalue weighted by molar-refractivity contribution is 7.14. The van der Waals surface area contributed by atoms with Crippen LogP contribution in [0.5, 0.6) is 0 Å². The first kappa shape index (κ1) is 18.1. The van der Waals surface area contributed by atoms with Crippen LogP contribution < -0.4 is 10.6 Å². The molecule has 1 saturated heterocycles. The summed E-state index contributed by atoms with van der Waals surface area (Å²) in [7, 11) is 0. The van der Waals surface area contributed by atoms with Gasteiger partial charge in [-0.1, -0.05) is 18.2 Å². The normalized spacial score (nSPS) is 14.7. The van der Waals surface area contributed by atoms with Gasteiger partial charge in [-0.25, -0.2) is 4.98 Å². The van der Waals surface area contributed by atoms with Crippen LogP contribution >= 0.6 is 11.3 Å². The number of anilines is 1. The highest BCUT2D eigenvalue weighted by Gasteiger charge is 2.26. The molecule has 2 heterocycles. The number of likely N-dealkylation sites (tertiary alicyclic amines) is 1. The molecule has 1 fully saturated rings. The lowest BCUT2D eigenvalue weighted by Gasteiger charge is -2.32. The molecular weight excluding hydrogens is 352 g/mol. The summed E-state index contributed by atoms with van der Waals surface area (Å²) in [5, 5.41) is 7.67. The zero-order valence-electron chi connectivity index (χ0n) is 14.4. The number of carbonyl (C=O) groups is 3. The van der Waals surface area contributed by atoms with Crippen molar-refractivity contribution in [1.82, 2.24) is 15.2 Å². The Labute approximate surface area is 155 Å². The zero-order valence-corrected chi connectivity index (χ0v) is 15.2. The average Bonchev–Trinajstić information content (AvgIpc) is 3.10. The van der Waals surface area contributed by atoms with Crippen LogP contribution in [0.15, 0.2) is 35.7 Å². The van der Waals surface area contributed by atoms with Crippen molar-refractivity contribution in [3.05, 3.63) is 47.0 Å². The molecule has 0 bridgehead atoms. The van der Waals surface area contributed by atoms with E-state index in [1.165, 1.54) is 18.3 Å². The molecule has 0 atom stereocenters. The third-order valence-corrected chi connectivity index (χ3v) is 4.92. The van der Waals surface area contributed by atoms with E-state index < -0.39 is 0 Å². The first-order valence-electron chi connectivity index (χ1n) is 8.41. The van der Waals surface area contributed by atoms with Crippen molar-refractivity contribution in [2.24, 2.45) is 0 Å². The average molecular weight is 372 g/mol. The standard InChI is InChI=1S/C18H20N4O3S/c1-12(23)19-18-21-15(11-26-18)17(25)22-9-7-14(8-10-22)20-16(24)13-5-3-2-4-6-13/h2-6,11,14H,7-10H2,1H3,(H,20,24)(H,19,21,23). The third-order valence-electron chi connectivity index (χ3n) is 4.16. The van der Waals surface area contributed by atoms with Crippen LogP contribution in [0.4, 0.5) is 5.13 Å². The van der Waals surface area contributed by atoms with Crippen molar-refractivity contribution in [2.75, 3.05) is 18.4 Å². The fourth-order valence-electron chi connectivity index (χ4n) is 2.83. The van der Waals surface area contributed by atoms with Gasteiger partial charge in [-0.15, -0.1) is 11.3 Å². The number of benzene rings is 1. The summed E-state index contributed by atoms with van der Waals surface area (Å²) in [6.07, 6.45) is 1.40. The van der Waals surface area contributed by atoms with Gasteiger partial charge in [0.2, 0.25) is 5.91 Å². The minimum atomic E-state index is -0.215. The van der Waals surface area contributed by atoms with E-state index in [0.717, 1.165) is 0 Å². The molecule has 7 nitrogen and oxygen atoms in total. The predicted molar refractivity (Wildman–Crippen MR) is 99.3 cm³/mol. The second-order valence-electron chi connectivity index (χ2n) is 6.13. The molecule has 0 saturated carbocycles. The monoisotopic (exact) mass is 372 g/mol. The van der Waals surface area contributed by atoms with Gasteiger partial charge < -0.3 is 15.5 Å². The Hall–Kier alpha value is -2.74. The van der Waals surface area contributed by atoms with Crippen molar-refractivity contribution in [3.8, 4) is 0 Å². The fraction of sp³-hybridized carbons (Fsp3) is 0.333. The molecule has 2 aromatic rings. The van der Waals surface area contributed by atoms with E-state index in [1.807, 2.05) is 18.2 Å². The quantitative estimate of drug-likeness (QED) is 0.860. The molecule has 8 heteroatoms. The Balaban J connectivity index is 1.51. The van der Waals surface area contributed by atoms with Crippen molar-refractivity contribution < 1.29 is 14.4 Å². The maximum atomic E-state index is 12.5. The largest absolute Gasteiger partial charge is 0.349 e. The summed E-state index contributed by atoms with van der Waals surface area (Å²) in [5.74, 6) is -0.450. The Morgan fingerprint density at radius 3 is 2.50 bits per heavy atom. The SMILES string of the molecule is CC(=O)Nc1nc(C(=O)N2CCC(NC(=O)c3ccccc3)CC2)cs1. The molecule has 26 heavy (non-hydrogen) atoms. The first-order chi connectivity index (χ1) is 12.5. The highest BCUT2D eigenvalue weighted by atomic mass is 32.1. The number of thiazole rings is 1. The number of hydrogen-bond acceptors (Lipinski definition) is 5. The van der Waals surface area contributed by atoms with Crippen molar-refractivity contribution >= 4 is 34.2 Å². The number of nitrogens with zero attached hydrogens (tertiary/aromatic N) is 2. The molecule has 1 aliphatic heterocycles. The molecule has 3 rings (SSSR count). The Bertz CT molecular complexity index is 798. The van der Waals surface area contributed by atoms with Crippen LogP contribution in [-0.2, 0) is 4.79 Å². The molecule has 0 unspecified atom stereocenters. The molecule has 3 amide bonds. The Morgan fingerprint density at radius 1 is 1.15 bits per heavy atom. The summed E-state index contributed by atoms with van der Waals surface area (Å²) >= 11 is 1.23. The second kappa shape index (κ2) is 8.09. The number of carbonyl (C=O) groups excluding carboxylic acids is 3. The van der Waals surface area contributed by atoms with E-state index in [-0.39, 0.29) is 23.8 Å². The van der Waals surface area contributed by atoms with Gasteiger partial charge in [0.25, 0.3) is 11.8 Å². The zero-order chi connectivity index (χ0) is 18.5. The number of rotatable bonds is 4. The lowest BCUT2D eigenvalue weighted by molar-refractivity contribution is -0.114. The molecule has 136 valence electrons. The predicted octanol–water partition coefficient (Wildman–Crippen LogP) is 2.14. The van der Waals surface area contributed by atoms with E-state index in [1.54, 1.807) is 22.4 Å². The molecule has 1 aromatic carbocycles. The van der Waals surface area contributed by atoms with Crippen molar-refractivity contribution in [3.63, 3.8) is 0 Å². The maximum Gasteiger partial charge on any atom is 0.273 e. The minimum Gasteiger partial charge on any atom is -0.349 e. The van der Waals surface area contributed by atoms with E-state index in [0.29, 0.717) is 42.3 Å². The molecule has 1 aromatic heterocycles. The van der Waals surface area contributed by atoms with Gasteiger partial charge in [-0.05, 0) is 25.0 Å². The van der Waals surface area contributed by atoms with Crippen LogP contribution in [0, 0.1) is 0 Å². The fourth-order valence-corrected chi connectivity index (χ4v) is 3.56. The lowest BCUT2D eigenvalue weighted by Crippen LogP contribution is -2.46. The van der Waals surface area contributed by atoms with Gasteiger partial charge in [-0.3, -0.25) is 14.4 Å². The first-order valence-corrected chi connectivity index (χ1v) is 9.29. The number of amides is 3. The van der Waals surface area contributed by atoms with E-state index in [2.05, 4.69) is 15.6 Å². The van der Waals surface area contributed by atoms with Crippen molar-refractivity contribution in [1.29, 1.82) is 0 Å². The van der Waals surface area contributed by atoms with Gasteiger partial charge in [0.1, 0.15) is 5.69 Å². The smallest absolute Gasteiger partial charge is 0.273 e. The van der Waals surface area contributed by atoms with Crippen LogP contribution in [0.1, 0.15) is 40.6 Å². The van der Waals surface area contributed by atoms with Gasteiger partial charge in [0.05, 0.1) is 0 Å². The summed E-state index contributed by atoms with van der Waals surface area (Å²) in [6.45, 7) is 2.52. The topological polar surface area (TPSA) is 91.4 Å². The number of nitrogens with one attached hydrogen (secondary N) is 2. The van der Waals surface area contributed by atoms with Crippen molar-refractivity contribution in [2.45, 2.75) is 25.8 Å². The molecule has 2 N–H and O–H groups in total. The van der Waals surface area contributed by atoms with E-state index >= 15 is 0 Å². The van der Waals surface area contributed by atoms with Gasteiger partial charge in [0, 0.05) is 37.0 Å². The van der Waals surface area contributed by atoms with Crippen LogP contribution in [-0.4, -0.2) is 46.7 Å². The summed E-state index contributed by atoms with van der Waals surface area (Å²) < 4.78 is 0. The molecule has 0 spiro atoms. The Morgan fingerprint density at radius 2 is 1.85 bits per heavy atom. The van der Waals surface area contributed by atoms with Crippen LogP contribution in [0.2, 0.25) is 0 Å². The van der Waals surface area contributed by atoms with E-state index in [4.69, 9.17) is 0 Å². The summed E-state index contributed by atoms with van der Waals surface area (Å²) in [6, 6.07) is 9.15. The van der Waals surface area contributed by atoms with Gasteiger partial charge in [-0.2, -0.15) is 0 Å². The Kier molecular flexibility index (Phi) is 5.62. The lowest BCUT2D eigenvalue weighted by atomic mass is 10.0. The van der Waals surface area contributed by atoms with Gasteiger partial charge in [0.15, 0.2) is 5.13 Å². The third kappa shape index (κ3) is 4.45. The summed E-state index contributed by atoms with van der Waals surface area (Å²) in [5.41, 5.74) is 0.976. The van der Waals surface area contributed by atoms with Gasteiger partial charge >= 0.3 is 0 Å². The molecule has 0 aliphatic carbocycles. The number of hydrogen-bond donors (Lipinski definition) is 2. The minimum absolute atomic E-state index is 0.0529. The molecule has 1 aliphatic rings. The maximum absolute atomic E-state index is 12.5. The summed E-state index contributed by atoms with van der Waals surface area (Å²) in [4.78, 5) is 41.7. The second-order valence-corrected chi connectivity index (χ2v) is 6.98. The molecule has 0 radical (unpaired) electrons.